The second kappa shape index (κ2) is 5.61. The zero-order chi connectivity index (χ0) is 17.5. The topological polar surface area (TPSA) is 113 Å². The van der Waals surface area contributed by atoms with Crippen LogP contribution in [-0.4, -0.2) is 30.9 Å². The molecule has 2 rings (SSSR count). The number of hydrogen-bond donors (Lipinski definition) is 3. The number of anilines is 1. The Morgan fingerprint density at radius 2 is 1.83 bits per heavy atom. The first kappa shape index (κ1) is 17.4. The Balaban J connectivity index is 2.21. The molecule has 0 radical (unpaired) electrons. The molecule has 0 saturated heterocycles. The van der Waals surface area contributed by atoms with Gasteiger partial charge in [-0.15, -0.1) is 0 Å². The van der Waals surface area contributed by atoms with Crippen molar-refractivity contribution < 1.29 is 23.1 Å². The van der Waals surface area contributed by atoms with Gasteiger partial charge in [-0.25, -0.2) is 13.1 Å². The number of carbonyl (C=O) groups excluding carboxylic acids is 1. The largest absolute Gasteiger partial charge is 0.480 e. The van der Waals surface area contributed by atoms with E-state index in [0.29, 0.717) is 0 Å². The summed E-state index contributed by atoms with van der Waals surface area (Å²) in [6, 6.07) is 5.73. The molecule has 1 fully saturated rings. The van der Waals surface area contributed by atoms with Gasteiger partial charge in [-0.1, -0.05) is 6.07 Å². The van der Waals surface area contributed by atoms with Gasteiger partial charge in [0.15, 0.2) is 0 Å². The first-order chi connectivity index (χ1) is 10.5. The predicted molar refractivity (Wildman–Crippen MR) is 84.4 cm³/mol. The fraction of sp³-hybridized carbons (Fsp3) is 0.467. The molecular weight excluding hydrogens is 320 g/mol. The minimum atomic E-state index is -3.73. The summed E-state index contributed by atoms with van der Waals surface area (Å²) in [4.78, 5) is 23.2. The lowest BCUT2D eigenvalue weighted by molar-refractivity contribution is -0.147. The van der Waals surface area contributed by atoms with Crippen molar-refractivity contribution in [2.75, 3.05) is 5.32 Å². The Bertz CT molecular complexity index is 745. The minimum absolute atomic E-state index is 0.00500. The maximum absolute atomic E-state index is 12.3. The van der Waals surface area contributed by atoms with Gasteiger partial charge in [0.1, 0.15) is 5.41 Å². The second-order valence-electron chi connectivity index (χ2n) is 6.72. The number of benzene rings is 1. The van der Waals surface area contributed by atoms with Crippen molar-refractivity contribution in [2.24, 2.45) is 5.41 Å². The van der Waals surface area contributed by atoms with Crippen molar-refractivity contribution in [2.45, 2.75) is 44.0 Å². The molecule has 0 bridgehead atoms. The van der Waals surface area contributed by atoms with Gasteiger partial charge in [0, 0.05) is 11.2 Å². The Hall–Kier alpha value is -1.93. The van der Waals surface area contributed by atoms with Crippen LogP contribution in [-0.2, 0) is 19.6 Å². The van der Waals surface area contributed by atoms with Crippen LogP contribution in [0.1, 0.15) is 33.6 Å². The quantitative estimate of drug-likeness (QED) is 0.704. The molecule has 0 unspecified atom stereocenters. The third-order valence-corrected chi connectivity index (χ3v) is 5.19. The molecular formula is C15H20N2O5S. The second-order valence-corrected chi connectivity index (χ2v) is 8.41. The van der Waals surface area contributed by atoms with Gasteiger partial charge in [0.25, 0.3) is 0 Å². The van der Waals surface area contributed by atoms with E-state index in [1.165, 1.54) is 24.3 Å². The average molecular weight is 340 g/mol. The van der Waals surface area contributed by atoms with Crippen LogP contribution in [0.5, 0.6) is 0 Å². The molecule has 0 aromatic heterocycles. The van der Waals surface area contributed by atoms with E-state index in [4.69, 9.17) is 5.11 Å². The van der Waals surface area contributed by atoms with Crippen LogP contribution in [0.15, 0.2) is 29.2 Å². The average Bonchev–Trinajstić information content (AvgIpc) is 3.17. The molecule has 1 aliphatic carbocycles. The number of sulfonamides is 1. The maximum Gasteiger partial charge on any atom is 0.319 e. The number of hydrogen-bond acceptors (Lipinski definition) is 4. The van der Waals surface area contributed by atoms with Gasteiger partial charge in [-0.3, -0.25) is 9.59 Å². The smallest absolute Gasteiger partial charge is 0.319 e. The molecule has 3 N–H and O–H groups in total. The van der Waals surface area contributed by atoms with E-state index in [-0.39, 0.29) is 23.4 Å². The van der Waals surface area contributed by atoms with Gasteiger partial charge in [-0.05, 0) is 51.8 Å². The molecule has 0 spiro atoms. The Kier molecular flexibility index (Phi) is 4.25. The van der Waals surface area contributed by atoms with Crippen LogP contribution in [0.3, 0.4) is 0 Å². The molecule has 1 aliphatic rings. The van der Waals surface area contributed by atoms with Gasteiger partial charge >= 0.3 is 5.97 Å². The highest BCUT2D eigenvalue weighted by Gasteiger charge is 2.57. The zero-order valence-corrected chi connectivity index (χ0v) is 14.0. The highest BCUT2D eigenvalue weighted by molar-refractivity contribution is 7.89. The van der Waals surface area contributed by atoms with E-state index in [0.717, 1.165) is 0 Å². The molecule has 23 heavy (non-hydrogen) atoms. The number of carboxylic acids is 1. The fourth-order valence-corrected chi connectivity index (χ4v) is 3.58. The normalized spacial score (nSPS) is 16.7. The van der Waals surface area contributed by atoms with Crippen LogP contribution in [0.4, 0.5) is 5.69 Å². The number of amides is 1. The SMILES string of the molecule is CC(C)(C)NS(=O)(=O)c1cccc(NC(=O)C2(C(=O)O)CC2)c1. The van der Waals surface area contributed by atoms with Crippen LogP contribution in [0.25, 0.3) is 0 Å². The molecule has 126 valence electrons. The first-order valence-corrected chi connectivity index (χ1v) is 8.64. The van der Waals surface area contributed by atoms with Crippen molar-refractivity contribution in [3.05, 3.63) is 24.3 Å². The number of aliphatic carboxylic acids is 1. The van der Waals surface area contributed by atoms with Gasteiger partial charge in [-0.2, -0.15) is 0 Å². The summed E-state index contributed by atoms with van der Waals surface area (Å²) in [5, 5.41) is 11.6. The Morgan fingerprint density at radius 1 is 1.22 bits per heavy atom. The highest BCUT2D eigenvalue weighted by atomic mass is 32.2. The Morgan fingerprint density at radius 3 is 2.30 bits per heavy atom. The molecule has 8 heteroatoms. The standard InChI is InChI=1S/C15H20N2O5S/c1-14(2,3)17-23(21,22)11-6-4-5-10(9-11)16-12(18)15(7-8-15)13(19)20/h4-6,9,17H,7-8H2,1-3H3,(H,16,18)(H,19,20). The third-order valence-electron chi connectivity index (χ3n) is 3.44. The lowest BCUT2D eigenvalue weighted by Crippen LogP contribution is -2.40. The van der Waals surface area contributed by atoms with Gasteiger partial charge < -0.3 is 10.4 Å². The summed E-state index contributed by atoms with van der Waals surface area (Å²) in [6.07, 6.45) is 0.579. The van der Waals surface area contributed by atoms with Gasteiger partial charge in [0.2, 0.25) is 15.9 Å². The molecule has 1 amide bonds. The van der Waals surface area contributed by atoms with Crippen molar-refractivity contribution in [1.29, 1.82) is 0 Å². The van der Waals surface area contributed by atoms with E-state index >= 15 is 0 Å². The lowest BCUT2D eigenvalue weighted by atomic mass is 10.1. The van der Waals surface area contributed by atoms with Crippen molar-refractivity contribution in [3.8, 4) is 0 Å². The molecule has 1 aromatic rings. The van der Waals surface area contributed by atoms with E-state index < -0.39 is 32.9 Å². The molecule has 0 heterocycles. The van der Waals surface area contributed by atoms with E-state index in [2.05, 4.69) is 10.0 Å². The van der Waals surface area contributed by atoms with Gasteiger partial charge in [0.05, 0.1) is 4.90 Å². The maximum atomic E-state index is 12.3. The van der Waals surface area contributed by atoms with Crippen LogP contribution in [0, 0.1) is 5.41 Å². The van der Waals surface area contributed by atoms with Crippen LogP contribution < -0.4 is 10.0 Å². The number of carbonyl (C=O) groups is 2. The predicted octanol–water partition coefficient (Wildman–Crippen LogP) is 1.57. The van der Waals surface area contributed by atoms with Crippen LogP contribution in [0.2, 0.25) is 0 Å². The van der Waals surface area contributed by atoms with E-state index in [9.17, 15) is 18.0 Å². The molecule has 1 saturated carbocycles. The summed E-state index contributed by atoms with van der Waals surface area (Å²) in [5.41, 5.74) is -1.77. The molecule has 0 atom stereocenters. The highest BCUT2D eigenvalue weighted by Crippen LogP contribution is 2.46. The summed E-state index contributed by atoms with van der Waals surface area (Å²) >= 11 is 0. The number of carboxylic acid groups (broad SMARTS) is 1. The summed E-state index contributed by atoms with van der Waals surface area (Å²) in [5.74, 6) is -1.78. The van der Waals surface area contributed by atoms with Crippen molar-refractivity contribution in [3.63, 3.8) is 0 Å². The van der Waals surface area contributed by atoms with E-state index in [1.807, 2.05) is 0 Å². The number of rotatable bonds is 5. The van der Waals surface area contributed by atoms with Crippen molar-refractivity contribution in [1.82, 2.24) is 4.72 Å². The first-order valence-electron chi connectivity index (χ1n) is 7.15. The fourth-order valence-electron chi connectivity index (χ4n) is 2.12. The number of nitrogens with one attached hydrogen (secondary N) is 2. The monoisotopic (exact) mass is 340 g/mol. The summed E-state index contributed by atoms with van der Waals surface area (Å²) in [6.45, 7) is 5.17. The zero-order valence-electron chi connectivity index (χ0n) is 13.2. The molecule has 0 aliphatic heterocycles. The van der Waals surface area contributed by atoms with Crippen molar-refractivity contribution >= 4 is 27.6 Å². The lowest BCUT2D eigenvalue weighted by Gasteiger charge is -2.20. The minimum Gasteiger partial charge on any atom is -0.480 e. The van der Waals surface area contributed by atoms with Crippen LogP contribution >= 0.6 is 0 Å². The Labute approximate surface area is 135 Å². The van der Waals surface area contributed by atoms with E-state index in [1.54, 1.807) is 20.8 Å². The summed E-state index contributed by atoms with van der Waals surface area (Å²) < 4.78 is 27.1. The molecule has 7 nitrogen and oxygen atoms in total. The third kappa shape index (κ3) is 3.89. The molecule has 1 aromatic carbocycles. The summed E-state index contributed by atoms with van der Waals surface area (Å²) in [7, 11) is -3.73.